The Hall–Kier alpha value is -3.90. The number of anilines is 1. The minimum atomic E-state index is -1.05. The molecule has 0 aliphatic carbocycles. The highest BCUT2D eigenvalue weighted by atomic mass is 16.6. The van der Waals surface area contributed by atoms with E-state index >= 15 is 0 Å². The fraction of sp³-hybridized carbons (Fsp3) is 0.800. The van der Waals surface area contributed by atoms with Crippen LogP contribution in [0.15, 0.2) is 29.4 Å². The number of nitrogens with one attached hydrogen (secondary N) is 2. The third-order valence-electron chi connectivity index (χ3n) is 9.14. The van der Waals surface area contributed by atoms with Crippen LogP contribution >= 0.6 is 0 Å². The van der Waals surface area contributed by atoms with E-state index in [1.165, 1.54) is 0 Å². The minimum Gasteiger partial charge on any atom is -0.494 e. The van der Waals surface area contributed by atoms with E-state index in [9.17, 15) is 19.5 Å². The number of nitrogens with zero attached hydrogens (tertiary/aromatic N) is 3. The Labute approximate surface area is 395 Å². The lowest BCUT2D eigenvalue weighted by Crippen LogP contribution is -2.33. The number of aliphatic carboxylic acids is 2. The van der Waals surface area contributed by atoms with Crippen molar-refractivity contribution in [3.63, 3.8) is 0 Å². The predicted octanol–water partition coefficient (Wildman–Crippen LogP) is 4.53. The lowest BCUT2D eigenvalue weighted by Gasteiger charge is -2.16. The summed E-state index contributed by atoms with van der Waals surface area (Å²) in [4.78, 5) is 37.3. The summed E-state index contributed by atoms with van der Waals surface area (Å²) in [6.07, 6.45) is 7.27. The number of carboxylic acid groups (broad SMARTS) is 2. The molecule has 0 unspecified atom stereocenters. The van der Waals surface area contributed by atoms with Crippen LogP contribution in [0.5, 0.6) is 5.75 Å². The number of hydrogen-bond acceptors (Lipinski definition) is 17. The van der Waals surface area contributed by atoms with Crippen LogP contribution < -0.4 is 15.4 Å². The Morgan fingerprint density at radius 2 is 0.896 bits per heavy atom. The number of carbonyl (C=O) groups is 3. The summed E-state index contributed by atoms with van der Waals surface area (Å²) in [6.45, 7) is 10.9. The Kier molecular flexibility index (Phi) is 44.3. The van der Waals surface area contributed by atoms with Crippen molar-refractivity contribution in [2.45, 2.75) is 70.3 Å². The van der Waals surface area contributed by atoms with E-state index in [-0.39, 0.29) is 25.2 Å². The average Bonchev–Trinajstić information content (AvgIpc) is 3.32. The Morgan fingerprint density at radius 1 is 0.507 bits per heavy atom. The maximum absolute atomic E-state index is 12.3. The van der Waals surface area contributed by atoms with Gasteiger partial charge in [-0.05, 0) is 49.1 Å². The van der Waals surface area contributed by atoms with E-state index in [0.717, 1.165) is 44.9 Å². The van der Waals surface area contributed by atoms with Gasteiger partial charge in [0.15, 0.2) is 0 Å². The average molecular weight is 962 g/mol. The van der Waals surface area contributed by atoms with Crippen molar-refractivity contribution < 1.29 is 81.4 Å². The molecule has 0 saturated carbocycles. The second-order valence-corrected chi connectivity index (χ2v) is 14.6. The lowest BCUT2D eigenvalue weighted by atomic mass is 10.1. The van der Waals surface area contributed by atoms with Crippen molar-refractivity contribution in [3.8, 4) is 5.75 Å². The summed E-state index contributed by atoms with van der Waals surface area (Å²) < 4.78 is 65.7. The van der Waals surface area contributed by atoms with Gasteiger partial charge in [-0.25, -0.2) is 4.79 Å². The predicted molar refractivity (Wildman–Crippen MR) is 247 cm³/mol. The molecule has 0 radical (unpaired) electrons. The van der Waals surface area contributed by atoms with Crippen molar-refractivity contribution in [3.05, 3.63) is 34.7 Å². The molecule has 0 heterocycles. The molecule has 1 aromatic rings. The first-order valence-corrected chi connectivity index (χ1v) is 23.5. The lowest BCUT2D eigenvalue weighted by molar-refractivity contribution is -0.138. The maximum Gasteiger partial charge on any atom is 0.326 e. The van der Waals surface area contributed by atoms with E-state index in [1.807, 2.05) is 0 Å². The van der Waals surface area contributed by atoms with Crippen LogP contribution in [0, 0.1) is 0 Å². The molecule has 0 aromatic heterocycles. The van der Waals surface area contributed by atoms with Crippen LogP contribution in [0.4, 0.5) is 5.69 Å². The highest BCUT2D eigenvalue weighted by molar-refractivity contribution is 5.80. The van der Waals surface area contributed by atoms with Crippen LogP contribution in [0.2, 0.25) is 0 Å². The van der Waals surface area contributed by atoms with E-state index in [0.29, 0.717) is 176 Å². The number of rotatable bonds is 53. The zero-order valence-corrected chi connectivity index (χ0v) is 39.5. The van der Waals surface area contributed by atoms with E-state index in [4.69, 9.17) is 67.5 Å². The number of unbranched alkanes of at least 4 members (excludes halogenated alkanes) is 6. The molecule has 0 bridgehead atoms. The molecule has 1 rings (SSSR count). The fourth-order valence-corrected chi connectivity index (χ4v) is 5.64. The van der Waals surface area contributed by atoms with Gasteiger partial charge >= 0.3 is 11.9 Å². The summed E-state index contributed by atoms with van der Waals surface area (Å²) in [5.74, 6) is -1.34. The van der Waals surface area contributed by atoms with E-state index in [1.54, 1.807) is 24.3 Å². The first-order valence-electron chi connectivity index (χ1n) is 23.5. The van der Waals surface area contributed by atoms with Crippen LogP contribution in [-0.2, 0) is 66.5 Å². The van der Waals surface area contributed by atoms with Crippen molar-refractivity contribution in [2.75, 3.05) is 170 Å². The number of azide groups is 1. The molecular weight excluding hydrogens is 883 g/mol. The Bertz CT molecular complexity index is 1350. The van der Waals surface area contributed by atoms with Crippen molar-refractivity contribution >= 4 is 23.5 Å². The SMILES string of the molecule is [N-]=[N+]=NCCOCCOCCOCCOCCOCCOCCOCCOCCOCCOCCOCCNC(=O)CC[C@H](Nc1ccc(OCCCCCCCCCC(=O)O)cc1)C(=O)O. The standard InChI is InChI=1S/C45H79N5O17/c46-50-48-16-19-57-21-23-59-25-27-61-29-31-63-33-35-65-37-39-66-38-36-64-34-32-62-30-28-60-26-24-58-22-20-56-18-15-47-43(51)14-13-42(45(54)55)49-40-9-11-41(12-10-40)67-17-7-5-3-1-2-4-6-8-44(52)53/h9-12,42,49H,1-8,13-39H2,(H,47,51)(H,52,53)(H,54,55)/t42-/m0/s1. The Morgan fingerprint density at radius 3 is 1.30 bits per heavy atom. The molecule has 1 aromatic carbocycles. The molecule has 4 N–H and O–H groups in total. The highest BCUT2D eigenvalue weighted by Crippen LogP contribution is 2.18. The molecular formula is C45H79N5O17. The minimum absolute atomic E-state index is 0.0440. The molecule has 386 valence electrons. The zero-order chi connectivity index (χ0) is 48.4. The number of carboxylic acids is 2. The normalized spacial score (nSPS) is 11.6. The molecule has 0 fully saturated rings. The summed E-state index contributed by atoms with van der Waals surface area (Å²) in [5.41, 5.74) is 8.78. The summed E-state index contributed by atoms with van der Waals surface area (Å²) in [5, 5.41) is 27.4. The summed E-state index contributed by atoms with van der Waals surface area (Å²) in [6, 6.07) is 6.15. The molecule has 1 atom stereocenters. The molecule has 0 spiro atoms. The molecule has 0 aliphatic rings. The van der Waals surface area contributed by atoms with Gasteiger partial charge in [0.2, 0.25) is 5.91 Å². The monoisotopic (exact) mass is 962 g/mol. The molecule has 0 saturated heterocycles. The van der Waals surface area contributed by atoms with Crippen molar-refractivity contribution in [1.29, 1.82) is 0 Å². The molecule has 67 heavy (non-hydrogen) atoms. The van der Waals surface area contributed by atoms with Gasteiger partial charge in [0.05, 0.1) is 152 Å². The number of carbonyl (C=O) groups excluding carboxylic acids is 1. The van der Waals surface area contributed by atoms with E-state index in [2.05, 4.69) is 20.7 Å². The third-order valence-corrected chi connectivity index (χ3v) is 9.14. The quantitative estimate of drug-likeness (QED) is 0.0302. The van der Waals surface area contributed by atoms with Crippen LogP contribution in [0.3, 0.4) is 0 Å². The van der Waals surface area contributed by atoms with Crippen LogP contribution in [0.25, 0.3) is 10.4 Å². The highest BCUT2D eigenvalue weighted by Gasteiger charge is 2.18. The van der Waals surface area contributed by atoms with Gasteiger partial charge in [0.1, 0.15) is 11.8 Å². The van der Waals surface area contributed by atoms with Crippen LogP contribution in [0.1, 0.15) is 64.2 Å². The topological polar surface area (TPSA) is 275 Å². The summed E-state index contributed by atoms with van der Waals surface area (Å²) in [7, 11) is 0. The van der Waals surface area contributed by atoms with Gasteiger partial charge in [-0.1, -0.05) is 37.2 Å². The smallest absolute Gasteiger partial charge is 0.326 e. The second kappa shape index (κ2) is 48.6. The summed E-state index contributed by atoms with van der Waals surface area (Å²) >= 11 is 0. The Balaban J connectivity index is 1.81. The third kappa shape index (κ3) is 44.4. The van der Waals surface area contributed by atoms with Gasteiger partial charge in [0.25, 0.3) is 0 Å². The van der Waals surface area contributed by atoms with Crippen LogP contribution in [-0.4, -0.2) is 199 Å². The molecule has 22 heteroatoms. The number of amides is 1. The molecule has 0 aliphatic heterocycles. The second-order valence-electron chi connectivity index (χ2n) is 14.6. The van der Waals surface area contributed by atoms with Gasteiger partial charge in [0, 0.05) is 36.5 Å². The largest absolute Gasteiger partial charge is 0.494 e. The van der Waals surface area contributed by atoms with Gasteiger partial charge in [-0.15, -0.1) is 0 Å². The fourth-order valence-electron chi connectivity index (χ4n) is 5.64. The van der Waals surface area contributed by atoms with Gasteiger partial charge < -0.3 is 77.7 Å². The number of hydrogen-bond donors (Lipinski definition) is 4. The zero-order valence-electron chi connectivity index (χ0n) is 39.5. The first-order chi connectivity index (χ1) is 32.9. The number of ether oxygens (including phenoxy) is 12. The maximum atomic E-state index is 12.3. The van der Waals surface area contributed by atoms with E-state index < -0.39 is 18.0 Å². The van der Waals surface area contributed by atoms with Gasteiger partial charge in [-0.3, -0.25) is 9.59 Å². The number of benzene rings is 1. The first kappa shape index (κ1) is 61.1. The van der Waals surface area contributed by atoms with Gasteiger partial charge in [-0.2, -0.15) is 0 Å². The van der Waals surface area contributed by atoms with Crippen molar-refractivity contribution in [2.24, 2.45) is 5.11 Å². The van der Waals surface area contributed by atoms with Crippen molar-refractivity contribution in [1.82, 2.24) is 5.32 Å². The molecule has 1 amide bonds. The molecule has 22 nitrogen and oxygen atoms in total.